The van der Waals surface area contributed by atoms with E-state index in [9.17, 15) is 5.11 Å². The Hall–Kier alpha value is -1.53. The summed E-state index contributed by atoms with van der Waals surface area (Å²) in [6, 6.07) is 3.66. The number of hydrogen-bond donors (Lipinski definition) is 2. The monoisotopic (exact) mass is 267 g/mol. The van der Waals surface area contributed by atoms with Crippen molar-refractivity contribution in [2.24, 2.45) is 0 Å². The zero-order valence-electron chi connectivity index (χ0n) is 11.4. The smallest absolute Gasteiger partial charge is 0.239 e. The van der Waals surface area contributed by atoms with Crippen molar-refractivity contribution in [3.8, 4) is 5.88 Å². The topological polar surface area (TPSA) is 80.8 Å². The summed E-state index contributed by atoms with van der Waals surface area (Å²) in [4.78, 5) is 6.51. The fourth-order valence-electron chi connectivity index (χ4n) is 2.20. The molecule has 2 atom stereocenters. The molecule has 2 rings (SSSR count). The summed E-state index contributed by atoms with van der Waals surface area (Å²) in [5.41, 5.74) is 6.35. The van der Waals surface area contributed by atoms with Crippen LogP contribution < -0.4 is 15.4 Å². The molecule has 0 bridgehead atoms. The van der Waals surface area contributed by atoms with E-state index >= 15 is 0 Å². The maximum Gasteiger partial charge on any atom is 0.239 e. The molecular weight excluding hydrogens is 246 g/mol. The van der Waals surface area contributed by atoms with Crippen molar-refractivity contribution in [3.63, 3.8) is 0 Å². The normalized spacial score (nSPS) is 23.4. The van der Waals surface area contributed by atoms with Gasteiger partial charge in [-0.05, 0) is 26.0 Å². The Bertz CT molecular complexity index is 428. The van der Waals surface area contributed by atoms with Gasteiger partial charge in [-0.25, -0.2) is 0 Å². The first-order chi connectivity index (χ1) is 9.13. The Morgan fingerprint density at radius 1 is 1.53 bits per heavy atom. The van der Waals surface area contributed by atoms with Gasteiger partial charge in [0.25, 0.3) is 0 Å². The molecule has 0 spiro atoms. The summed E-state index contributed by atoms with van der Waals surface area (Å²) in [6.07, 6.45) is -0.126. The zero-order valence-corrected chi connectivity index (χ0v) is 11.4. The molecule has 1 aromatic heterocycles. The van der Waals surface area contributed by atoms with Crippen LogP contribution in [-0.2, 0) is 4.74 Å². The lowest BCUT2D eigenvalue weighted by Crippen LogP contribution is -2.48. The van der Waals surface area contributed by atoms with Crippen molar-refractivity contribution < 1.29 is 14.6 Å². The molecule has 106 valence electrons. The largest absolute Gasteiger partial charge is 0.476 e. The highest BCUT2D eigenvalue weighted by Gasteiger charge is 2.26. The van der Waals surface area contributed by atoms with Gasteiger partial charge in [0.15, 0.2) is 0 Å². The second-order valence-electron chi connectivity index (χ2n) is 4.65. The number of aliphatic hydroxyl groups is 1. The van der Waals surface area contributed by atoms with Crippen LogP contribution in [0.5, 0.6) is 5.88 Å². The average Bonchev–Trinajstić information content (AvgIpc) is 2.40. The first-order valence-electron chi connectivity index (χ1n) is 6.54. The van der Waals surface area contributed by atoms with Gasteiger partial charge in [-0.15, -0.1) is 0 Å². The fourth-order valence-corrected chi connectivity index (χ4v) is 2.20. The third-order valence-corrected chi connectivity index (χ3v) is 3.01. The number of hydrogen-bond acceptors (Lipinski definition) is 6. The summed E-state index contributed by atoms with van der Waals surface area (Å²) >= 11 is 0. The van der Waals surface area contributed by atoms with Gasteiger partial charge in [-0.1, -0.05) is 0 Å². The van der Waals surface area contributed by atoms with Gasteiger partial charge in [0, 0.05) is 13.1 Å². The predicted molar refractivity (Wildman–Crippen MR) is 73.5 cm³/mol. The van der Waals surface area contributed by atoms with E-state index < -0.39 is 0 Å². The number of anilines is 2. The summed E-state index contributed by atoms with van der Waals surface area (Å²) in [7, 11) is 0. The zero-order chi connectivity index (χ0) is 13.8. The highest BCUT2D eigenvalue weighted by atomic mass is 16.5. The van der Waals surface area contributed by atoms with Gasteiger partial charge < -0.3 is 25.2 Å². The molecule has 2 unspecified atom stereocenters. The molecule has 6 heteroatoms. The van der Waals surface area contributed by atoms with E-state index in [0.29, 0.717) is 24.7 Å². The van der Waals surface area contributed by atoms with Crippen LogP contribution in [0.1, 0.15) is 13.8 Å². The Kier molecular flexibility index (Phi) is 4.44. The fraction of sp³-hybridized carbons (Fsp3) is 0.615. The summed E-state index contributed by atoms with van der Waals surface area (Å²) in [5.74, 6) is 1.26. The number of nitrogen functional groups attached to an aromatic ring is 1. The highest BCUT2D eigenvalue weighted by Crippen LogP contribution is 2.25. The number of rotatable bonds is 4. The lowest BCUT2D eigenvalue weighted by atomic mass is 10.2. The van der Waals surface area contributed by atoms with Gasteiger partial charge in [0.2, 0.25) is 5.88 Å². The standard InChI is InChI=1S/C13H21N3O3/c1-3-18-13-11(14)4-5-12(15-13)16-6-9(2)19-10(7-16)8-17/h4-5,9-10,17H,3,6-8,14H2,1-2H3. The van der Waals surface area contributed by atoms with E-state index in [1.54, 1.807) is 6.07 Å². The SMILES string of the molecule is CCOc1nc(N2CC(C)OC(CO)C2)ccc1N. The van der Waals surface area contributed by atoms with Gasteiger partial charge in [-0.2, -0.15) is 4.98 Å². The number of nitrogens with zero attached hydrogens (tertiary/aromatic N) is 2. The third-order valence-electron chi connectivity index (χ3n) is 3.01. The summed E-state index contributed by atoms with van der Waals surface area (Å²) in [6.45, 7) is 5.76. The molecule has 3 N–H and O–H groups in total. The first-order valence-corrected chi connectivity index (χ1v) is 6.54. The molecule has 1 aliphatic rings. The minimum Gasteiger partial charge on any atom is -0.476 e. The predicted octanol–water partition coefficient (Wildman–Crippen LogP) is 0.648. The Morgan fingerprint density at radius 3 is 3.00 bits per heavy atom. The lowest BCUT2D eigenvalue weighted by Gasteiger charge is -2.36. The van der Waals surface area contributed by atoms with Crippen LogP contribution in [-0.4, -0.2) is 48.6 Å². The number of aromatic nitrogens is 1. The van der Waals surface area contributed by atoms with Gasteiger partial charge in [0.1, 0.15) is 5.82 Å². The van der Waals surface area contributed by atoms with Crippen molar-refractivity contribution in [1.82, 2.24) is 4.98 Å². The van der Waals surface area contributed by atoms with E-state index in [1.165, 1.54) is 0 Å². The van der Waals surface area contributed by atoms with Crippen LogP contribution in [0.4, 0.5) is 11.5 Å². The van der Waals surface area contributed by atoms with Gasteiger partial charge >= 0.3 is 0 Å². The molecule has 6 nitrogen and oxygen atoms in total. The van der Waals surface area contributed by atoms with Crippen molar-refractivity contribution in [2.45, 2.75) is 26.1 Å². The van der Waals surface area contributed by atoms with E-state index in [-0.39, 0.29) is 18.8 Å². The Balaban J connectivity index is 2.18. The van der Waals surface area contributed by atoms with Gasteiger partial charge in [-0.3, -0.25) is 0 Å². The van der Waals surface area contributed by atoms with Crippen molar-refractivity contribution in [2.75, 3.05) is 36.9 Å². The second-order valence-corrected chi connectivity index (χ2v) is 4.65. The van der Waals surface area contributed by atoms with Gasteiger partial charge in [0.05, 0.1) is 31.1 Å². The maximum atomic E-state index is 9.24. The van der Waals surface area contributed by atoms with E-state index in [0.717, 1.165) is 12.4 Å². The molecule has 1 aliphatic heterocycles. The Morgan fingerprint density at radius 2 is 2.32 bits per heavy atom. The average molecular weight is 267 g/mol. The van der Waals surface area contributed by atoms with E-state index in [1.807, 2.05) is 19.9 Å². The van der Waals surface area contributed by atoms with Crippen molar-refractivity contribution in [3.05, 3.63) is 12.1 Å². The molecule has 0 aromatic carbocycles. The lowest BCUT2D eigenvalue weighted by molar-refractivity contribution is -0.0423. The first kappa shape index (κ1) is 13.9. The minimum absolute atomic E-state index is 0.00807. The molecule has 0 radical (unpaired) electrons. The molecule has 1 fully saturated rings. The molecule has 0 amide bonds. The van der Waals surface area contributed by atoms with Crippen LogP contribution in [0, 0.1) is 0 Å². The molecule has 0 aliphatic carbocycles. The number of ether oxygens (including phenoxy) is 2. The van der Waals surface area contributed by atoms with Crippen LogP contribution >= 0.6 is 0 Å². The number of pyridine rings is 1. The quantitative estimate of drug-likeness (QED) is 0.833. The van der Waals surface area contributed by atoms with E-state index in [4.69, 9.17) is 15.2 Å². The molecule has 2 heterocycles. The second kappa shape index (κ2) is 6.08. The Labute approximate surface area is 113 Å². The molecule has 0 saturated carbocycles. The molecule has 1 aromatic rings. The molecule has 1 saturated heterocycles. The summed E-state index contributed by atoms with van der Waals surface area (Å²) in [5, 5.41) is 9.24. The van der Waals surface area contributed by atoms with Crippen LogP contribution in [0.25, 0.3) is 0 Å². The number of nitrogens with two attached hydrogens (primary N) is 1. The minimum atomic E-state index is -0.182. The third kappa shape index (κ3) is 3.27. The molecular formula is C13H21N3O3. The number of aliphatic hydroxyl groups excluding tert-OH is 1. The number of morpholine rings is 1. The van der Waals surface area contributed by atoms with Crippen molar-refractivity contribution >= 4 is 11.5 Å². The van der Waals surface area contributed by atoms with Crippen molar-refractivity contribution in [1.29, 1.82) is 0 Å². The van der Waals surface area contributed by atoms with E-state index in [2.05, 4.69) is 9.88 Å². The summed E-state index contributed by atoms with van der Waals surface area (Å²) < 4.78 is 11.0. The molecule has 19 heavy (non-hydrogen) atoms. The van der Waals surface area contributed by atoms with Crippen LogP contribution in [0.3, 0.4) is 0 Å². The highest BCUT2D eigenvalue weighted by molar-refractivity contribution is 5.54. The maximum absolute atomic E-state index is 9.24. The van der Waals surface area contributed by atoms with Crippen LogP contribution in [0.2, 0.25) is 0 Å². The van der Waals surface area contributed by atoms with Crippen LogP contribution in [0.15, 0.2) is 12.1 Å².